The number of nitrogens with zero attached hydrogens (tertiary/aromatic N) is 2. The maximum Gasteiger partial charge on any atom is 0.471 e. The molecule has 1 aliphatic rings. The lowest BCUT2D eigenvalue weighted by atomic mass is 9.90. The van der Waals surface area contributed by atoms with Crippen molar-refractivity contribution < 1.29 is 22.8 Å². The topological polar surface area (TPSA) is 76.3 Å². The van der Waals surface area contributed by atoms with E-state index in [1.807, 2.05) is 0 Å². The van der Waals surface area contributed by atoms with Crippen molar-refractivity contribution >= 4 is 33.2 Å². The third-order valence-corrected chi connectivity index (χ3v) is 7.06. The maximum atomic E-state index is 13.8. The number of Topliss-reactive ketones (excluding diaryl/α,β-unsaturated/α-hetero) is 1. The van der Waals surface area contributed by atoms with Crippen molar-refractivity contribution in [3.8, 4) is 0 Å². The Labute approximate surface area is 193 Å². The zero-order chi connectivity index (χ0) is 23.6. The summed E-state index contributed by atoms with van der Waals surface area (Å²) in [6, 6.07) is 11.5. The van der Waals surface area contributed by atoms with Gasteiger partial charge in [-0.3, -0.25) is 9.59 Å². The van der Waals surface area contributed by atoms with E-state index in [1.165, 1.54) is 0 Å². The Morgan fingerprint density at radius 2 is 1.73 bits per heavy atom. The summed E-state index contributed by atoms with van der Waals surface area (Å²) >= 11 is 1.12. The monoisotopic (exact) mass is 475 g/mol. The Balaban J connectivity index is 1.84. The molecule has 5 nitrogen and oxygen atoms in total. The van der Waals surface area contributed by atoms with Gasteiger partial charge in [0, 0.05) is 12.6 Å². The predicted octanol–water partition coefficient (Wildman–Crippen LogP) is 5.40. The molecular formula is C24H24F3N3O2S. The van der Waals surface area contributed by atoms with Gasteiger partial charge in [0.15, 0.2) is 5.01 Å². The number of halogens is 3. The molecular weight excluding hydrogens is 451 g/mol. The smallest absolute Gasteiger partial charge is 0.326 e. The molecule has 1 heterocycles. The van der Waals surface area contributed by atoms with E-state index in [0.717, 1.165) is 32.9 Å². The van der Waals surface area contributed by atoms with Crippen molar-refractivity contribution in [1.29, 1.82) is 0 Å². The highest BCUT2D eigenvalue weighted by atomic mass is 32.1. The minimum absolute atomic E-state index is 0.0832. The molecule has 0 aliphatic heterocycles. The molecule has 1 aliphatic carbocycles. The number of benzene rings is 2. The molecule has 4 rings (SSSR count). The molecule has 2 N–H and O–H groups in total. The van der Waals surface area contributed by atoms with E-state index in [4.69, 9.17) is 5.73 Å². The summed E-state index contributed by atoms with van der Waals surface area (Å²) in [5.41, 5.74) is 7.35. The van der Waals surface area contributed by atoms with E-state index in [1.54, 1.807) is 48.5 Å². The molecule has 1 amide bonds. The first-order valence-corrected chi connectivity index (χ1v) is 11.7. The first-order valence-electron chi connectivity index (χ1n) is 10.9. The maximum absolute atomic E-state index is 13.8. The van der Waals surface area contributed by atoms with Gasteiger partial charge in [-0.15, -0.1) is 11.3 Å². The van der Waals surface area contributed by atoms with Crippen LogP contribution in [-0.2, 0) is 11.3 Å². The second-order valence-corrected chi connectivity index (χ2v) is 9.23. The van der Waals surface area contributed by atoms with Crippen LogP contribution in [0.2, 0.25) is 0 Å². The molecule has 2 aromatic carbocycles. The standard InChI is InChI=1S/C24H24F3N3O2S/c25-24(26,27)23(32)30(17-6-2-1-3-7-17)20(16-12-10-15(14-28)11-13-16)21(31)22-29-18-8-4-5-9-19(18)33-22/h4-5,8-13,17,20H,1-3,6-7,14,28H2. The van der Waals surface area contributed by atoms with E-state index < -0.39 is 30.0 Å². The van der Waals surface area contributed by atoms with Gasteiger partial charge < -0.3 is 10.6 Å². The van der Waals surface area contributed by atoms with Gasteiger partial charge in [0.2, 0.25) is 5.78 Å². The van der Waals surface area contributed by atoms with Crippen LogP contribution in [-0.4, -0.2) is 33.8 Å². The molecule has 0 radical (unpaired) electrons. The number of ketones is 1. The third kappa shape index (κ3) is 4.94. The molecule has 33 heavy (non-hydrogen) atoms. The van der Waals surface area contributed by atoms with Crippen LogP contribution in [0, 0.1) is 0 Å². The van der Waals surface area contributed by atoms with Crippen LogP contribution in [0.1, 0.15) is 59.1 Å². The Kier molecular flexibility index (Phi) is 6.81. The zero-order valence-electron chi connectivity index (χ0n) is 17.8. The number of para-hydroxylation sites is 1. The second-order valence-electron chi connectivity index (χ2n) is 8.20. The fourth-order valence-corrected chi connectivity index (χ4v) is 5.30. The number of nitrogens with two attached hydrogens (primary N) is 1. The summed E-state index contributed by atoms with van der Waals surface area (Å²) in [7, 11) is 0. The minimum atomic E-state index is -5.10. The van der Waals surface area contributed by atoms with Crippen LogP contribution >= 0.6 is 11.3 Å². The Morgan fingerprint density at radius 1 is 1.06 bits per heavy atom. The highest BCUT2D eigenvalue weighted by molar-refractivity contribution is 7.20. The minimum Gasteiger partial charge on any atom is -0.326 e. The highest BCUT2D eigenvalue weighted by Gasteiger charge is 2.49. The normalized spacial score (nSPS) is 16.0. The Morgan fingerprint density at radius 3 is 2.33 bits per heavy atom. The molecule has 1 fully saturated rings. The van der Waals surface area contributed by atoms with Gasteiger partial charge in [0.1, 0.15) is 6.04 Å². The van der Waals surface area contributed by atoms with Gasteiger partial charge in [-0.2, -0.15) is 13.2 Å². The van der Waals surface area contributed by atoms with Crippen molar-refractivity contribution in [1.82, 2.24) is 9.88 Å². The van der Waals surface area contributed by atoms with Gasteiger partial charge in [-0.1, -0.05) is 55.7 Å². The van der Waals surface area contributed by atoms with Crippen LogP contribution in [0.25, 0.3) is 10.2 Å². The fraction of sp³-hybridized carbons (Fsp3) is 0.375. The SMILES string of the molecule is NCc1ccc(C(C(=O)c2nc3ccccc3s2)N(C(=O)C(F)(F)F)C2CCCCC2)cc1. The molecule has 0 bridgehead atoms. The number of amides is 1. The van der Waals surface area contributed by atoms with Crippen molar-refractivity contribution in [2.45, 2.75) is 56.9 Å². The summed E-state index contributed by atoms with van der Waals surface area (Å²) in [5, 5.41) is 0.0832. The van der Waals surface area contributed by atoms with Gasteiger partial charge >= 0.3 is 12.1 Å². The van der Waals surface area contributed by atoms with E-state index in [9.17, 15) is 22.8 Å². The number of thiazole rings is 1. The molecule has 0 saturated heterocycles. The zero-order valence-corrected chi connectivity index (χ0v) is 18.7. The molecule has 9 heteroatoms. The lowest BCUT2D eigenvalue weighted by Crippen LogP contribution is -2.51. The van der Waals surface area contributed by atoms with Crippen LogP contribution in [0.4, 0.5) is 13.2 Å². The first-order chi connectivity index (χ1) is 15.8. The highest BCUT2D eigenvalue weighted by Crippen LogP contribution is 2.37. The number of alkyl halides is 3. The number of hydrogen-bond acceptors (Lipinski definition) is 5. The molecule has 1 unspecified atom stereocenters. The van der Waals surface area contributed by atoms with Gasteiger partial charge in [0.25, 0.3) is 0 Å². The molecule has 1 aromatic heterocycles. The number of aromatic nitrogens is 1. The van der Waals surface area contributed by atoms with Crippen molar-refractivity contribution in [2.24, 2.45) is 5.73 Å². The number of hydrogen-bond donors (Lipinski definition) is 1. The van der Waals surface area contributed by atoms with E-state index in [-0.39, 0.29) is 11.6 Å². The quantitative estimate of drug-likeness (QED) is 0.484. The number of fused-ring (bicyclic) bond motifs is 1. The number of carbonyl (C=O) groups is 2. The van der Waals surface area contributed by atoms with Crippen LogP contribution < -0.4 is 5.73 Å². The number of rotatable bonds is 6. The van der Waals surface area contributed by atoms with Gasteiger partial charge in [-0.25, -0.2) is 4.98 Å². The molecule has 0 spiro atoms. The largest absolute Gasteiger partial charge is 0.471 e. The van der Waals surface area contributed by atoms with Crippen molar-refractivity contribution in [3.63, 3.8) is 0 Å². The Hall–Kier alpha value is -2.78. The average Bonchev–Trinajstić information content (AvgIpc) is 3.26. The van der Waals surface area contributed by atoms with Gasteiger partial charge in [0.05, 0.1) is 10.2 Å². The summed E-state index contributed by atoms with van der Waals surface area (Å²) in [4.78, 5) is 31.6. The molecule has 3 aromatic rings. The predicted molar refractivity (Wildman–Crippen MR) is 121 cm³/mol. The third-order valence-electron chi connectivity index (χ3n) is 6.01. The van der Waals surface area contributed by atoms with Crippen LogP contribution in [0.15, 0.2) is 48.5 Å². The summed E-state index contributed by atoms with van der Waals surface area (Å²) in [5.74, 6) is -2.60. The molecule has 1 atom stereocenters. The van der Waals surface area contributed by atoms with E-state index in [2.05, 4.69) is 4.98 Å². The summed E-state index contributed by atoms with van der Waals surface area (Å²) in [6.45, 7) is 0.255. The van der Waals surface area contributed by atoms with Crippen molar-refractivity contribution in [2.75, 3.05) is 0 Å². The molecule has 1 saturated carbocycles. The Bertz CT molecular complexity index is 1100. The lowest BCUT2D eigenvalue weighted by Gasteiger charge is -2.39. The number of carbonyl (C=O) groups excluding carboxylic acids is 2. The first kappa shape index (κ1) is 23.4. The van der Waals surface area contributed by atoms with Crippen LogP contribution in [0.3, 0.4) is 0 Å². The van der Waals surface area contributed by atoms with Crippen molar-refractivity contribution in [3.05, 3.63) is 64.7 Å². The lowest BCUT2D eigenvalue weighted by molar-refractivity contribution is -0.190. The van der Waals surface area contributed by atoms with E-state index >= 15 is 0 Å². The average molecular weight is 476 g/mol. The molecule has 174 valence electrons. The summed E-state index contributed by atoms with van der Waals surface area (Å²) in [6.07, 6.45) is -1.94. The van der Waals surface area contributed by atoms with Gasteiger partial charge in [-0.05, 0) is 36.1 Å². The second kappa shape index (κ2) is 9.61. The summed E-state index contributed by atoms with van der Waals surface area (Å²) < 4.78 is 42.0. The van der Waals surface area contributed by atoms with Crippen LogP contribution in [0.5, 0.6) is 0 Å². The fourth-order valence-electron chi connectivity index (χ4n) is 4.37. The van der Waals surface area contributed by atoms with E-state index in [0.29, 0.717) is 36.8 Å².